The quantitative estimate of drug-likeness (QED) is 0.645. The molecule has 0 fully saturated rings. The number of hydrogen-bond acceptors (Lipinski definition) is 4. The number of para-hydroxylation sites is 1. The number of carbonyl (C=O) groups excluding carboxylic acids is 1. The Labute approximate surface area is 162 Å². The summed E-state index contributed by atoms with van der Waals surface area (Å²) < 4.78 is 26.2. The predicted octanol–water partition coefficient (Wildman–Crippen LogP) is 4.44. The second-order valence-corrected chi connectivity index (χ2v) is 6.74. The number of aryl methyl sites for hydroxylation is 1. The van der Waals surface area contributed by atoms with E-state index in [2.05, 4.69) is 5.32 Å². The van der Waals surface area contributed by atoms with E-state index in [9.17, 15) is 4.79 Å². The van der Waals surface area contributed by atoms with Crippen LogP contribution >= 0.6 is 0 Å². The average Bonchev–Trinajstić information content (AvgIpc) is 3.16. The fourth-order valence-electron chi connectivity index (χ4n) is 3.62. The van der Waals surface area contributed by atoms with Crippen LogP contribution in [0.15, 0.2) is 60.7 Å². The number of carbonyl (C=O) groups is 1. The Morgan fingerprint density at radius 2 is 1.86 bits per heavy atom. The van der Waals surface area contributed by atoms with Crippen LogP contribution in [-0.2, 0) is 17.9 Å². The average molecular weight is 377 g/mol. The van der Waals surface area contributed by atoms with E-state index >= 15 is 4.39 Å². The van der Waals surface area contributed by atoms with Crippen LogP contribution in [0.2, 0.25) is 0 Å². The van der Waals surface area contributed by atoms with Crippen molar-refractivity contribution >= 4 is 6.47 Å². The van der Waals surface area contributed by atoms with Crippen LogP contribution in [0.3, 0.4) is 0 Å². The number of benzene rings is 3. The summed E-state index contributed by atoms with van der Waals surface area (Å²) in [5, 5.41) is 3.33. The molecule has 0 bridgehead atoms. The summed E-state index contributed by atoms with van der Waals surface area (Å²) >= 11 is 0. The van der Waals surface area contributed by atoms with Gasteiger partial charge in [-0.15, -0.1) is 0 Å². The van der Waals surface area contributed by atoms with Crippen LogP contribution in [0.4, 0.5) is 4.39 Å². The van der Waals surface area contributed by atoms with Gasteiger partial charge in [0.25, 0.3) is 6.47 Å². The molecule has 28 heavy (non-hydrogen) atoms. The van der Waals surface area contributed by atoms with Crippen LogP contribution in [0.5, 0.6) is 11.5 Å². The van der Waals surface area contributed by atoms with Gasteiger partial charge in [-0.05, 0) is 30.2 Å². The molecule has 1 unspecified atom stereocenters. The van der Waals surface area contributed by atoms with E-state index < -0.39 is 6.04 Å². The zero-order valence-electron chi connectivity index (χ0n) is 15.4. The van der Waals surface area contributed by atoms with Crippen LogP contribution in [0, 0.1) is 12.7 Å². The molecular formula is C23H20FNO3. The first-order chi connectivity index (χ1) is 13.7. The minimum atomic E-state index is -0.412. The van der Waals surface area contributed by atoms with Crippen molar-refractivity contribution in [1.82, 2.24) is 5.32 Å². The largest absolute Gasteiger partial charge is 0.489 e. The zero-order chi connectivity index (χ0) is 19.5. The highest BCUT2D eigenvalue weighted by atomic mass is 19.1. The maximum absolute atomic E-state index is 15.1. The predicted molar refractivity (Wildman–Crippen MR) is 104 cm³/mol. The summed E-state index contributed by atoms with van der Waals surface area (Å²) in [5.74, 6) is 0.815. The molecule has 0 saturated carbocycles. The van der Waals surface area contributed by atoms with Crippen molar-refractivity contribution in [3.8, 4) is 11.5 Å². The van der Waals surface area contributed by atoms with E-state index in [0.717, 1.165) is 11.1 Å². The van der Waals surface area contributed by atoms with Crippen LogP contribution in [0.1, 0.15) is 33.9 Å². The minimum absolute atomic E-state index is 0.266. The first-order valence-electron chi connectivity index (χ1n) is 9.10. The Morgan fingerprint density at radius 3 is 2.64 bits per heavy atom. The molecule has 4 nitrogen and oxygen atoms in total. The highest BCUT2D eigenvalue weighted by Gasteiger charge is 2.32. The lowest BCUT2D eigenvalue weighted by Gasteiger charge is -2.18. The second kappa shape index (κ2) is 7.82. The zero-order valence-corrected chi connectivity index (χ0v) is 15.4. The molecule has 1 aliphatic rings. The molecule has 3 aromatic carbocycles. The number of fused-ring (bicyclic) bond motifs is 1. The first-order valence-corrected chi connectivity index (χ1v) is 9.10. The number of nitrogens with one attached hydrogen (secondary N) is 1. The molecule has 1 heterocycles. The lowest BCUT2D eigenvalue weighted by molar-refractivity contribution is -0.120. The molecule has 3 aromatic rings. The molecular weight excluding hydrogens is 357 g/mol. The second-order valence-electron chi connectivity index (χ2n) is 6.74. The van der Waals surface area contributed by atoms with Crippen molar-refractivity contribution in [2.45, 2.75) is 26.1 Å². The van der Waals surface area contributed by atoms with Crippen LogP contribution in [0.25, 0.3) is 0 Å². The van der Waals surface area contributed by atoms with E-state index in [-0.39, 0.29) is 5.82 Å². The van der Waals surface area contributed by atoms with E-state index in [1.54, 1.807) is 25.1 Å². The van der Waals surface area contributed by atoms with Gasteiger partial charge in [0.05, 0.1) is 6.04 Å². The molecule has 0 amide bonds. The van der Waals surface area contributed by atoms with Crippen LogP contribution < -0.4 is 14.8 Å². The molecule has 0 radical (unpaired) electrons. The molecule has 0 aliphatic carbocycles. The van der Waals surface area contributed by atoms with Gasteiger partial charge in [-0.3, -0.25) is 4.79 Å². The summed E-state index contributed by atoms with van der Waals surface area (Å²) in [6.07, 6.45) is 0. The normalized spacial score (nSPS) is 15.1. The van der Waals surface area contributed by atoms with Gasteiger partial charge in [0, 0.05) is 23.2 Å². The van der Waals surface area contributed by atoms with Crippen molar-refractivity contribution in [2.24, 2.45) is 0 Å². The Kier molecular flexibility index (Phi) is 5.08. The standard InChI is InChI=1S/C23H20FNO3/c1-15-11-20(27-13-16-7-3-2-4-8-16)18-12-25-23(21(18)22(15)24)17-9-5-6-10-19(17)28-14-26/h2-11,14,23,25H,12-13H2,1H3. The first kappa shape index (κ1) is 18.2. The highest BCUT2D eigenvalue weighted by Crippen LogP contribution is 2.42. The van der Waals surface area contributed by atoms with E-state index in [1.807, 2.05) is 42.5 Å². The minimum Gasteiger partial charge on any atom is -0.489 e. The Bertz CT molecular complexity index is 1000. The highest BCUT2D eigenvalue weighted by molar-refractivity contribution is 5.56. The molecule has 4 rings (SSSR count). The number of hydrogen-bond donors (Lipinski definition) is 1. The van der Waals surface area contributed by atoms with Gasteiger partial charge in [0.2, 0.25) is 0 Å². The van der Waals surface area contributed by atoms with Gasteiger partial charge in [-0.25, -0.2) is 4.39 Å². The summed E-state index contributed by atoms with van der Waals surface area (Å²) in [6, 6.07) is 18.3. The Hall–Kier alpha value is -3.18. The third-order valence-corrected chi connectivity index (χ3v) is 4.97. The third-order valence-electron chi connectivity index (χ3n) is 4.97. The summed E-state index contributed by atoms with van der Waals surface area (Å²) in [7, 11) is 0. The maximum Gasteiger partial charge on any atom is 0.298 e. The molecule has 1 aliphatic heterocycles. The van der Waals surface area contributed by atoms with Crippen molar-refractivity contribution in [3.05, 3.63) is 94.3 Å². The summed E-state index contributed by atoms with van der Waals surface area (Å²) in [5.41, 5.74) is 3.62. The molecule has 1 atom stereocenters. The van der Waals surface area contributed by atoms with Crippen molar-refractivity contribution in [1.29, 1.82) is 0 Å². The molecule has 0 spiro atoms. The van der Waals surface area contributed by atoms with Crippen molar-refractivity contribution < 1.29 is 18.7 Å². The fraction of sp³-hybridized carbons (Fsp3) is 0.174. The Morgan fingerprint density at radius 1 is 1.11 bits per heavy atom. The number of ether oxygens (including phenoxy) is 2. The van der Waals surface area contributed by atoms with Gasteiger partial charge >= 0.3 is 0 Å². The van der Waals surface area contributed by atoms with Gasteiger partial charge in [-0.2, -0.15) is 0 Å². The topological polar surface area (TPSA) is 47.6 Å². The van der Waals surface area contributed by atoms with Gasteiger partial charge in [0.15, 0.2) is 0 Å². The summed E-state index contributed by atoms with van der Waals surface area (Å²) in [4.78, 5) is 10.8. The lowest BCUT2D eigenvalue weighted by atomic mass is 9.94. The van der Waals surface area contributed by atoms with Gasteiger partial charge < -0.3 is 14.8 Å². The molecule has 0 saturated heterocycles. The van der Waals surface area contributed by atoms with E-state index in [4.69, 9.17) is 9.47 Å². The van der Waals surface area contributed by atoms with E-state index in [1.165, 1.54) is 0 Å². The van der Waals surface area contributed by atoms with Gasteiger partial charge in [-0.1, -0.05) is 48.5 Å². The molecule has 142 valence electrons. The fourth-order valence-corrected chi connectivity index (χ4v) is 3.62. The summed E-state index contributed by atoms with van der Waals surface area (Å²) in [6.45, 7) is 2.99. The lowest BCUT2D eigenvalue weighted by Crippen LogP contribution is -2.15. The van der Waals surface area contributed by atoms with Crippen molar-refractivity contribution in [3.63, 3.8) is 0 Å². The molecule has 0 aromatic heterocycles. The smallest absolute Gasteiger partial charge is 0.298 e. The van der Waals surface area contributed by atoms with Crippen LogP contribution in [-0.4, -0.2) is 6.47 Å². The molecule has 1 N–H and O–H groups in total. The number of rotatable bonds is 6. The van der Waals surface area contributed by atoms with E-state index in [0.29, 0.717) is 47.8 Å². The SMILES string of the molecule is Cc1cc(OCc2ccccc2)c2c(c1F)C(c1ccccc1OC=O)NC2. The van der Waals surface area contributed by atoms with Gasteiger partial charge in [0.1, 0.15) is 23.9 Å². The monoisotopic (exact) mass is 377 g/mol. The Balaban J connectivity index is 1.71. The molecule has 5 heteroatoms. The maximum atomic E-state index is 15.1. The third kappa shape index (κ3) is 3.37. The number of halogens is 1. The van der Waals surface area contributed by atoms with Crippen molar-refractivity contribution in [2.75, 3.05) is 0 Å².